The summed E-state index contributed by atoms with van der Waals surface area (Å²) in [5.41, 5.74) is 2.90. The summed E-state index contributed by atoms with van der Waals surface area (Å²) >= 11 is 0. The van der Waals surface area contributed by atoms with Crippen molar-refractivity contribution < 1.29 is 51.0 Å². The van der Waals surface area contributed by atoms with E-state index in [9.17, 15) is 0 Å². The van der Waals surface area contributed by atoms with Crippen LogP contribution in [0.1, 0.15) is 18.1 Å². The first-order valence-corrected chi connectivity index (χ1v) is 3.05. The van der Waals surface area contributed by atoms with Crippen molar-refractivity contribution >= 4 is 0 Å². The summed E-state index contributed by atoms with van der Waals surface area (Å²) in [5, 5.41) is 0. The molecule has 0 aliphatic rings. The van der Waals surface area contributed by atoms with Gasteiger partial charge < -0.3 is 24.8 Å². The molecule has 1 aromatic carbocycles. The van der Waals surface area contributed by atoms with Crippen LogP contribution in [0.25, 0.3) is 0 Å². The van der Waals surface area contributed by atoms with Crippen molar-refractivity contribution in [2.45, 2.75) is 20.3 Å². The Hall–Kier alpha value is 0.813. The van der Waals surface area contributed by atoms with Crippen LogP contribution in [0.3, 0.4) is 0 Å². The normalized spacial score (nSPS) is 7.09. The largest absolute Gasteiger partial charge is 3.00 e. The van der Waals surface area contributed by atoms with Crippen molar-refractivity contribution in [1.82, 2.24) is 0 Å². The fourth-order valence-electron chi connectivity index (χ4n) is 0.944. The fraction of sp³-hybridized carbons (Fsp3) is 0.375. The minimum atomic E-state index is 0. The predicted octanol–water partition coefficient (Wildman–Crippen LogP) is -3.72. The van der Waals surface area contributed by atoms with E-state index in [0.717, 1.165) is 0 Å². The smallest absolute Gasteiger partial charge is 1.00 e. The van der Waals surface area contributed by atoms with Crippen molar-refractivity contribution in [3.63, 3.8) is 0 Å². The number of halogens is 2. The maximum absolute atomic E-state index is 2.18. The molecule has 1 radical (unpaired) electrons. The SMILES string of the molecule is CC[c-]1cccc1C.[Cl-].[Cl-].[Zr+3]. The van der Waals surface area contributed by atoms with Crippen LogP contribution in [0.2, 0.25) is 0 Å². The molecule has 0 aromatic heterocycles. The molecular formula is C8H11Cl2Zr. The third kappa shape index (κ3) is 5.12. The van der Waals surface area contributed by atoms with Gasteiger partial charge in [0.05, 0.1) is 0 Å². The summed E-state index contributed by atoms with van der Waals surface area (Å²) < 4.78 is 0. The summed E-state index contributed by atoms with van der Waals surface area (Å²) in [6, 6.07) is 6.43. The molecule has 0 unspecified atom stereocenters. The molecule has 3 heteroatoms. The molecule has 0 spiro atoms. The molecule has 0 aliphatic carbocycles. The second kappa shape index (κ2) is 8.91. The second-order valence-electron chi connectivity index (χ2n) is 2.09. The summed E-state index contributed by atoms with van der Waals surface area (Å²) in [6.45, 7) is 4.33. The Morgan fingerprint density at radius 1 is 1.36 bits per heavy atom. The van der Waals surface area contributed by atoms with Gasteiger partial charge in [-0.25, -0.2) is 12.1 Å². The molecule has 0 nitrogen and oxygen atoms in total. The van der Waals surface area contributed by atoms with Gasteiger partial charge in [0.1, 0.15) is 0 Å². The molecule has 1 rings (SSSR count). The van der Waals surface area contributed by atoms with Crippen LogP contribution in [-0.2, 0) is 32.6 Å². The van der Waals surface area contributed by atoms with Gasteiger partial charge in [-0.1, -0.05) is 20.3 Å². The van der Waals surface area contributed by atoms with Gasteiger partial charge in [0, 0.05) is 0 Å². The molecule has 0 saturated carbocycles. The summed E-state index contributed by atoms with van der Waals surface area (Å²) in [6.07, 6.45) is 1.17. The van der Waals surface area contributed by atoms with Crippen LogP contribution in [0, 0.1) is 6.92 Å². The van der Waals surface area contributed by atoms with Gasteiger partial charge in [-0.15, -0.1) is 0 Å². The molecule has 0 amide bonds. The molecular weight excluding hydrogens is 258 g/mol. The minimum absolute atomic E-state index is 0. The number of rotatable bonds is 1. The summed E-state index contributed by atoms with van der Waals surface area (Å²) in [4.78, 5) is 0. The van der Waals surface area contributed by atoms with Crippen molar-refractivity contribution in [3.8, 4) is 0 Å². The van der Waals surface area contributed by atoms with Crippen LogP contribution in [0.4, 0.5) is 0 Å². The molecule has 1 aromatic rings. The predicted molar refractivity (Wildman–Crippen MR) is 36.1 cm³/mol. The third-order valence-corrected chi connectivity index (χ3v) is 1.53. The Morgan fingerprint density at radius 2 is 1.91 bits per heavy atom. The topological polar surface area (TPSA) is 0 Å². The number of hydrogen-bond donors (Lipinski definition) is 0. The molecule has 11 heavy (non-hydrogen) atoms. The van der Waals surface area contributed by atoms with E-state index < -0.39 is 0 Å². The van der Waals surface area contributed by atoms with E-state index in [0.29, 0.717) is 0 Å². The van der Waals surface area contributed by atoms with Gasteiger partial charge in [0.2, 0.25) is 0 Å². The average Bonchev–Trinajstić information content (AvgIpc) is 2.14. The van der Waals surface area contributed by atoms with Gasteiger partial charge in [-0.2, -0.15) is 17.2 Å². The maximum Gasteiger partial charge on any atom is 3.00 e. The van der Waals surface area contributed by atoms with E-state index in [-0.39, 0.29) is 51.0 Å². The van der Waals surface area contributed by atoms with Crippen LogP contribution in [0.15, 0.2) is 18.2 Å². The van der Waals surface area contributed by atoms with Crippen LogP contribution < -0.4 is 24.8 Å². The zero-order chi connectivity index (χ0) is 5.98. The standard InChI is InChI=1S/C8H11.2ClH.Zr/c1-3-8-6-4-5-7(8)2;;;/h4-6H,3H2,1-2H3;2*1H;/q-1;;;+3/p-2. The zero-order valence-electron chi connectivity index (χ0n) is 6.70. The fourth-order valence-corrected chi connectivity index (χ4v) is 0.944. The Morgan fingerprint density at radius 3 is 2.09 bits per heavy atom. The maximum atomic E-state index is 2.18. The van der Waals surface area contributed by atoms with Gasteiger partial charge >= 0.3 is 26.2 Å². The zero-order valence-corrected chi connectivity index (χ0v) is 10.7. The number of hydrogen-bond acceptors (Lipinski definition) is 0. The quantitative estimate of drug-likeness (QED) is 0.460. The molecule has 0 N–H and O–H groups in total. The van der Waals surface area contributed by atoms with Gasteiger partial charge in [0.25, 0.3) is 0 Å². The van der Waals surface area contributed by atoms with Gasteiger partial charge in [-0.3, -0.25) is 0 Å². The van der Waals surface area contributed by atoms with Gasteiger partial charge in [0.15, 0.2) is 0 Å². The molecule has 0 atom stereocenters. The van der Waals surface area contributed by atoms with Crippen molar-refractivity contribution in [1.29, 1.82) is 0 Å². The Labute approximate surface area is 100 Å². The molecule has 0 aliphatic heterocycles. The molecule has 61 valence electrons. The third-order valence-electron chi connectivity index (χ3n) is 1.53. The minimum Gasteiger partial charge on any atom is -1.00 e. The number of aryl methyl sites for hydroxylation is 2. The van der Waals surface area contributed by atoms with E-state index >= 15 is 0 Å². The van der Waals surface area contributed by atoms with Gasteiger partial charge in [-0.05, 0) is 0 Å². The summed E-state index contributed by atoms with van der Waals surface area (Å²) in [5.74, 6) is 0. The van der Waals surface area contributed by atoms with E-state index in [4.69, 9.17) is 0 Å². The first-order chi connectivity index (χ1) is 3.84. The first kappa shape index (κ1) is 17.8. The molecule has 0 bridgehead atoms. The molecule has 0 saturated heterocycles. The van der Waals surface area contributed by atoms with Crippen LogP contribution >= 0.6 is 0 Å². The Balaban J connectivity index is -0.000000213. The van der Waals surface area contributed by atoms with E-state index in [1.807, 2.05) is 0 Å². The van der Waals surface area contributed by atoms with Crippen LogP contribution in [-0.4, -0.2) is 0 Å². The first-order valence-electron chi connectivity index (χ1n) is 3.05. The van der Waals surface area contributed by atoms with Crippen LogP contribution in [0.5, 0.6) is 0 Å². The Bertz CT molecular complexity index is 172. The molecule has 0 heterocycles. The molecule has 0 fully saturated rings. The van der Waals surface area contributed by atoms with Crippen molar-refractivity contribution in [3.05, 3.63) is 29.3 Å². The van der Waals surface area contributed by atoms with E-state index in [1.165, 1.54) is 17.5 Å². The second-order valence-corrected chi connectivity index (χ2v) is 2.09. The van der Waals surface area contributed by atoms with Crippen molar-refractivity contribution in [2.75, 3.05) is 0 Å². The average molecular weight is 269 g/mol. The van der Waals surface area contributed by atoms with E-state index in [2.05, 4.69) is 32.0 Å². The summed E-state index contributed by atoms with van der Waals surface area (Å²) in [7, 11) is 0. The van der Waals surface area contributed by atoms with E-state index in [1.54, 1.807) is 0 Å². The van der Waals surface area contributed by atoms with Crippen molar-refractivity contribution in [2.24, 2.45) is 0 Å². The monoisotopic (exact) mass is 267 g/mol. The Kier molecular flexibility index (Phi) is 14.4.